The molecule has 0 spiro atoms. The first kappa shape index (κ1) is 24.5. The SMILES string of the molecule is Cc1ccc(S(=O)(=O)n2cc(C=C3SC(Nc4ccc(CC(=O)O)cc4)=NC3=O)c3ccccc32)cc1. The van der Waals surface area contributed by atoms with Crippen LogP contribution < -0.4 is 5.32 Å². The zero-order valence-corrected chi connectivity index (χ0v) is 21.2. The molecule has 4 aromatic rings. The number of benzene rings is 3. The highest BCUT2D eigenvalue weighted by atomic mass is 32.2. The third kappa shape index (κ3) is 5.07. The largest absolute Gasteiger partial charge is 0.481 e. The number of rotatable bonds is 6. The van der Waals surface area contributed by atoms with E-state index in [4.69, 9.17) is 5.11 Å². The molecule has 2 heterocycles. The van der Waals surface area contributed by atoms with Gasteiger partial charge in [-0.15, -0.1) is 0 Å². The molecule has 0 saturated heterocycles. The first-order valence-corrected chi connectivity index (χ1v) is 13.5. The summed E-state index contributed by atoms with van der Waals surface area (Å²) in [5.41, 5.74) is 3.37. The molecule has 37 heavy (non-hydrogen) atoms. The average molecular weight is 532 g/mol. The Balaban J connectivity index is 1.43. The van der Waals surface area contributed by atoms with Crippen molar-refractivity contribution in [3.8, 4) is 0 Å². The van der Waals surface area contributed by atoms with Gasteiger partial charge in [-0.3, -0.25) is 9.59 Å². The summed E-state index contributed by atoms with van der Waals surface area (Å²) in [6.07, 6.45) is 3.09. The number of amides is 1. The van der Waals surface area contributed by atoms with Gasteiger partial charge in [-0.1, -0.05) is 48.0 Å². The standard InChI is InChI=1S/C27H21N3O5S2/c1-17-6-12-21(13-7-17)37(34,35)30-16-19(22-4-2-3-5-23(22)30)15-24-26(33)29-27(36-24)28-20-10-8-18(9-11-20)14-25(31)32/h2-13,15-16H,14H2,1H3,(H,31,32)(H,28,29,33). The Kier molecular flexibility index (Phi) is 6.45. The maximum atomic E-state index is 13.4. The Morgan fingerprint density at radius 3 is 2.46 bits per heavy atom. The summed E-state index contributed by atoms with van der Waals surface area (Å²) >= 11 is 1.14. The second-order valence-electron chi connectivity index (χ2n) is 8.44. The van der Waals surface area contributed by atoms with Gasteiger partial charge in [0.15, 0.2) is 5.17 Å². The monoisotopic (exact) mass is 531 g/mol. The lowest BCUT2D eigenvalue weighted by atomic mass is 10.1. The molecule has 2 N–H and O–H groups in total. The molecule has 0 fully saturated rings. The van der Waals surface area contributed by atoms with E-state index in [1.54, 1.807) is 66.7 Å². The van der Waals surface area contributed by atoms with Gasteiger partial charge in [0.1, 0.15) is 0 Å². The zero-order valence-electron chi connectivity index (χ0n) is 19.6. The molecule has 186 valence electrons. The molecular weight excluding hydrogens is 510 g/mol. The lowest BCUT2D eigenvalue weighted by molar-refractivity contribution is -0.136. The summed E-state index contributed by atoms with van der Waals surface area (Å²) in [5, 5.41) is 13.0. The summed E-state index contributed by atoms with van der Waals surface area (Å²) in [4.78, 5) is 28.1. The van der Waals surface area contributed by atoms with Crippen molar-refractivity contribution in [2.75, 3.05) is 5.32 Å². The van der Waals surface area contributed by atoms with Crippen LogP contribution in [-0.4, -0.2) is 34.5 Å². The molecule has 1 amide bonds. The van der Waals surface area contributed by atoms with Gasteiger partial charge in [0.25, 0.3) is 15.9 Å². The van der Waals surface area contributed by atoms with E-state index in [2.05, 4.69) is 10.3 Å². The molecule has 10 heteroatoms. The highest BCUT2D eigenvalue weighted by molar-refractivity contribution is 8.18. The minimum atomic E-state index is -3.85. The van der Waals surface area contributed by atoms with Gasteiger partial charge in [0, 0.05) is 22.8 Å². The zero-order chi connectivity index (χ0) is 26.2. The number of thioether (sulfide) groups is 1. The normalized spacial score (nSPS) is 14.8. The van der Waals surface area contributed by atoms with Crippen LogP contribution in [0.3, 0.4) is 0 Å². The number of aryl methyl sites for hydroxylation is 1. The number of carboxylic acid groups (broad SMARTS) is 1. The predicted molar refractivity (Wildman–Crippen MR) is 145 cm³/mol. The molecule has 0 unspecified atom stereocenters. The van der Waals surface area contributed by atoms with Crippen LogP contribution in [0.1, 0.15) is 16.7 Å². The molecule has 0 bridgehead atoms. The third-order valence-electron chi connectivity index (χ3n) is 5.75. The number of hydrogen-bond acceptors (Lipinski definition) is 6. The summed E-state index contributed by atoms with van der Waals surface area (Å²) in [6, 6.07) is 20.6. The third-order valence-corrected chi connectivity index (χ3v) is 8.34. The number of nitrogens with one attached hydrogen (secondary N) is 1. The van der Waals surface area contributed by atoms with E-state index in [9.17, 15) is 18.0 Å². The van der Waals surface area contributed by atoms with Crippen LogP contribution >= 0.6 is 11.8 Å². The first-order valence-electron chi connectivity index (χ1n) is 11.2. The van der Waals surface area contributed by atoms with E-state index in [1.165, 1.54) is 10.2 Å². The molecule has 5 rings (SSSR count). The fourth-order valence-electron chi connectivity index (χ4n) is 3.92. The van der Waals surface area contributed by atoms with Crippen LogP contribution in [-0.2, 0) is 26.0 Å². The van der Waals surface area contributed by atoms with Gasteiger partial charge < -0.3 is 10.4 Å². The molecule has 0 aliphatic carbocycles. The maximum Gasteiger partial charge on any atom is 0.307 e. The number of amidine groups is 1. The minimum Gasteiger partial charge on any atom is -0.481 e. The van der Waals surface area contributed by atoms with Crippen LogP contribution in [0.2, 0.25) is 0 Å². The molecule has 1 aliphatic heterocycles. The quantitative estimate of drug-likeness (QED) is 0.340. The van der Waals surface area contributed by atoms with E-state index in [1.807, 2.05) is 19.1 Å². The van der Waals surface area contributed by atoms with E-state index in [-0.39, 0.29) is 11.3 Å². The minimum absolute atomic E-state index is 0.0748. The lowest BCUT2D eigenvalue weighted by Crippen LogP contribution is -2.11. The van der Waals surface area contributed by atoms with Gasteiger partial charge in [-0.05, 0) is 60.7 Å². The highest BCUT2D eigenvalue weighted by Crippen LogP contribution is 2.33. The van der Waals surface area contributed by atoms with E-state index >= 15 is 0 Å². The van der Waals surface area contributed by atoms with Gasteiger partial charge in [0.05, 0.1) is 21.7 Å². The number of aliphatic imine (C=N–C) groups is 1. The Bertz CT molecular complexity index is 1700. The maximum absolute atomic E-state index is 13.4. The number of fused-ring (bicyclic) bond motifs is 1. The van der Waals surface area contributed by atoms with Crippen LogP contribution in [0, 0.1) is 6.92 Å². The second-order valence-corrected chi connectivity index (χ2v) is 11.3. The van der Waals surface area contributed by atoms with E-state index in [0.29, 0.717) is 37.8 Å². The molecule has 0 radical (unpaired) electrons. The van der Waals surface area contributed by atoms with E-state index < -0.39 is 21.9 Å². The van der Waals surface area contributed by atoms with Crippen molar-refractivity contribution in [3.63, 3.8) is 0 Å². The van der Waals surface area contributed by atoms with Gasteiger partial charge in [-0.2, -0.15) is 4.99 Å². The fraction of sp³-hybridized carbons (Fsp3) is 0.0741. The van der Waals surface area contributed by atoms with Gasteiger partial charge >= 0.3 is 5.97 Å². The molecule has 1 aliphatic rings. The van der Waals surface area contributed by atoms with Crippen molar-refractivity contribution < 1.29 is 23.1 Å². The molecular formula is C27H21N3O5S2. The number of nitrogens with zero attached hydrogens (tertiary/aromatic N) is 2. The Morgan fingerprint density at radius 1 is 1.05 bits per heavy atom. The van der Waals surface area contributed by atoms with Crippen molar-refractivity contribution in [2.24, 2.45) is 4.99 Å². The average Bonchev–Trinajstić information content (AvgIpc) is 3.41. The van der Waals surface area contributed by atoms with Crippen molar-refractivity contribution in [1.29, 1.82) is 0 Å². The Labute approximate surface area is 217 Å². The second kappa shape index (κ2) is 9.72. The number of aliphatic carboxylic acids is 1. The molecule has 8 nitrogen and oxygen atoms in total. The number of para-hydroxylation sites is 1. The van der Waals surface area contributed by atoms with Crippen LogP contribution in [0.5, 0.6) is 0 Å². The van der Waals surface area contributed by atoms with Crippen molar-refractivity contribution in [1.82, 2.24) is 3.97 Å². The summed E-state index contributed by atoms with van der Waals surface area (Å²) in [5.74, 6) is -1.35. The Morgan fingerprint density at radius 2 is 1.76 bits per heavy atom. The summed E-state index contributed by atoms with van der Waals surface area (Å²) in [6.45, 7) is 1.89. The number of carbonyl (C=O) groups excluding carboxylic acids is 1. The number of carboxylic acids is 1. The summed E-state index contributed by atoms with van der Waals surface area (Å²) in [7, 11) is -3.85. The number of carbonyl (C=O) groups is 2. The van der Waals surface area contributed by atoms with Crippen molar-refractivity contribution in [2.45, 2.75) is 18.2 Å². The smallest absolute Gasteiger partial charge is 0.307 e. The predicted octanol–water partition coefficient (Wildman–Crippen LogP) is 4.90. The fourth-order valence-corrected chi connectivity index (χ4v) is 6.12. The topological polar surface area (TPSA) is 118 Å². The van der Waals surface area contributed by atoms with Gasteiger partial charge in [0.2, 0.25) is 0 Å². The van der Waals surface area contributed by atoms with Crippen molar-refractivity contribution >= 4 is 61.5 Å². The molecule has 0 atom stereocenters. The Hall–Kier alpha value is -4.15. The van der Waals surface area contributed by atoms with Gasteiger partial charge in [-0.25, -0.2) is 12.4 Å². The first-order chi connectivity index (χ1) is 17.7. The van der Waals surface area contributed by atoms with Crippen molar-refractivity contribution in [3.05, 3.63) is 101 Å². The summed E-state index contributed by atoms with van der Waals surface area (Å²) < 4.78 is 28.1. The van der Waals surface area contributed by atoms with E-state index in [0.717, 1.165) is 17.3 Å². The highest BCUT2D eigenvalue weighted by Gasteiger charge is 2.25. The number of aromatic nitrogens is 1. The number of anilines is 1. The number of hydrogen-bond donors (Lipinski definition) is 2. The van der Waals surface area contributed by atoms with Crippen LogP contribution in [0.25, 0.3) is 17.0 Å². The molecule has 3 aromatic carbocycles. The lowest BCUT2D eigenvalue weighted by Gasteiger charge is -2.07. The van der Waals surface area contributed by atoms with Crippen LogP contribution in [0.4, 0.5) is 5.69 Å². The molecule has 0 saturated carbocycles. The van der Waals surface area contributed by atoms with Crippen LogP contribution in [0.15, 0.2) is 93.8 Å². The molecule has 1 aromatic heterocycles.